The number of hydrogen-bond acceptors (Lipinski definition) is 4. The molecular formula is C20H22F4N4. The van der Waals surface area contributed by atoms with Crippen LogP contribution >= 0.6 is 0 Å². The first-order valence-electron chi connectivity index (χ1n) is 9.01. The Morgan fingerprint density at radius 3 is 2.71 bits per heavy atom. The van der Waals surface area contributed by atoms with E-state index in [-0.39, 0.29) is 6.04 Å². The van der Waals surface area contributed by atoms with E-state index in [1.54, 1.807) is 12.1 Å². The summed E-state index contributed by atoms with van der Waals surface area (Å²) in [6.45, 7) is 1.75. The molecule has 0 radical (unpaired) electrons. The van der Waals surface area contributed by atoms with Crippen molar-refractivity contribution >= 4 is 17.6 Å². The molecule has 8 heteroatoms. The van der Waals surface area contributed by atoms with Gasteiger partial charge in [-0.05, 0) is 55.3 Å². The summed E-state index contributed by atoms with van der Waals surface area (Å²) in [5, 5.41) is 10.8. The number of rotatable bonds is 5. The van der Waals surface area contributed by atoms with Crippen molar-refractivity contribution in [1.29, 1.82) is 5.41 Å². The van der Waals surface area contributed by atoms with Crippen LogP contribution in [0.2, 0.25) is 0 Å². The quantitative estimate of drug-likeness (QED) is 0.397. The number of anilines is 2. The van der Waals surface area contributed by atoms with Gasteiger partial charge in [-0.2, -0.15) is 13.2 Å². The number of halogens is 4. The number of nitrogens with one attached hydrogen (secondary N) is 2. The first kappa shape index (κ1) is 20.1. The average Bonchev–Trinajstić information content (AvgIpc) is 2.64. The molecule has 0 saturated carbocycles. The number of alkyl halides is 3. The molecule has 0 aromatic heterocycles. The van der Waals surface area contributed by atoms with Crippen LogP contribution in [0.25, 0.3) is 0 Å². The molecule has 0 bridgehead atoms. The number of nitrogens with zero attached hydrogens (tertiary/aromatic N) is 1. The highest BCUT2D eigenvalue weighted by Crippen LogP contribution is 2.32. The lowest BCUT2D eigenvalue weighted by atomic mass is 10.0. The summed E-state index contributed by atoms with van der Waals surface area (Å²) in [5.74, 6) is -1.25. The maximum absolute atomic E-state index is 13.5. The summed E-state index contributed by atoms with van der Waals surface area (Å²) >= 11 is 0. The van der Waals surface area contributed by atoms with Gasteiger partial charge >= 0.3 is 6.18 Å². The Balaban J connectivity index is 1.66. The molecule has 150 valence electrons. The fraction of sp³-hybridized carbons (Fsp3) is 0.350. The van der Waals surface area contributed by atoms with E-state index in [0.717, 1.165) is 37.2 Å². The number of likely N-dealkylation sites (tertiary alicyclic amines) is 1. The molecule has 2 aromatic rings. The summed E-state index contributed by atoms with van der Waals surface area (Å²) in [5.41, 5.74) is 7.02. The highest BCUT2D eigenvalue weighted by Gasteiger charge is 2.34. The van der Waals surface area contributed by atoms with E-state index in [1.807, 2.05) is 6.07 Å². The standard InChI is InChI=1S/C20H22F4N4/c21-18-5-3-13(8-17(18)20(22,23)24)11-28-7-1-2-16(12-28)27-15-4-6-19(26)14(9-15)10-25/h3-6,8-10,16,25,27H,1-2,7,11-12,26H2. The zero-order valence-corrected chi connectivity index (χ0v) is 15.2. The highest BCUT2D eigenvalue weighted by atomic mass is 19.4. The lowest BCUT2D eigenvalue weighted by molar-refractivity contribution is -0.140. The van der Waals surface area contributed by atoms with Crippen molar-refractivity contribution in [2.75, 3.05) is 24.1 Å². The predicted molar refractivity (Wildman–Crippen MR) is 102 cm³/mol. The number of benzene rings is 2. The van der Waals surface area contributed by atoms with Gasteiger partial charge in [-0.25, -0.2) is 4.39 Å². The zero-order valence-electron chi connectivity index (χ0n) is 15.2. The van der Waals surface area contributed by atoms with Gasteiger partial charge in [0, 0.05) is 42.3 Å². The summed E-state index contributed by atoms with van der Waals surface area (Å²) < 4.78 is 52.2. The molecule has 2 aromatic carbocycles. The summed E-state index contributed by atoms with van der Waals surface area (Å²) in [6.07, 6.45) is -1.68. The predicted octanol–water partition coefficient (Wildman–Crippen LogP) is 4.50. The van der Waals surface area contributed by atoms with Crippen molar-refractivity contribution in [2.24, 2.45) is 0 Å². The van der Waals surface area contributed by atoms with Crippen LogP contribution in [0, 0.1) is 11.2 Å². The van der Waals surface area contributed by atoms with Gasteiger partial charge in [-0.3, -0.25) is 4.90 Å². The van der Waals surface area contributed by atoms with Gasteiger partial charge in [0.15, 0.2) is 0 Å². The Morgan fingerprint density at radius 1 is 1.21 bits per heavy atom. The molecule has 0 aliphatic carbocycles. The lowest BCUT2D eigenvalue weighted by Crippen LogP contribution is -2.41. The van der Waals surface area contributed by atoms with Gasteiger partial charge in [-0.15, -0.1) is 0 Å². The van der Waals surface area contributed by atoms with Crippen LogP contribution in [-0.2, 0) is 12.7 Å². The van der Waals surface area contributed by atoms with Crippen LogP contribution in [0.3, 0.4) is 0 Å². The Morgan fingerprint density at radius 2 is 2.00 bits per heavy atom. The van der Waals surface area contributed by atoms with Crippen LogP contribution in [0.1, 0.15) is 29.5 Å². The van der Waals surface area contributed by atoms with Crippen LogP contribution in [0.5, 0.6) is 0 Å². The fourth-order valence-corrected chi connectivity index (χ4v) is 3.49. The number of nitrogen functional groups attached to an aromatic ring is 1. The van der Waals surface area contributed by atoms with Crippen LogP contribution in [0.4, 0.5) is 28.9 Å². The third kappa shape index (κ3) is 4.81. The second-order valence-electron chi connectivity index (χ2n) is 7.02. The molecule has 4 N–H and O–H groups in total. The van der Waals surface area contributed by atoms with E-state index in [0.29, 0.717) is 29.9 Å². The molecule has 0 amide bonds. The van der Waals surface area contributed by atoms with Crippen molar-refractivity contribution in [2.45, 2.75) is 31.6 Å². The van der Waals surface area contributed by atoms with Gasteiger partial charge in [0.05, 0.1) is 5.56 Å². The van der Waals surface area contributed by atoms with Crippen LogP contribution < -0.4 is 11.1 Å². The Kier molecular flexibility index (Phi) is 5.88. The summed E-state index contributed by atoms with van der Waals surface area (Å²) in [7, 11) is 0. The SMILES string of the molecule is N=Cc1cc(NC2CCCN(Cc3ccc(F)c(C(F)(F)F)c3)C2)ccc1N. The van der Waals surface area contributed by atoms with Crippen molar-refractivity contribution < 1.29 is 17.6 Å². The number of piperidine rings is 1. The number of hydrogen-bond donors (Lipinski definition) is 3. The molecule has 1 heterocycles. The first-order chi connectivity index (χ1) is 13.3. The van der Waals surface area contributed by atoms with E-state index >= 15 is 0 Å². The Hall–Kier alpha value is -2.61. The first-order valence-corrected chi connectivity index (χ1v) is 9.01. The van der Waals surface area contributed by atoms with E-state index in [2.05, 4.69) is 10.2 Å². The van der Waals surface area contributed by atoms with Crippen molar-refractivity contribution in [3.05, 3.63) is 58.9 Å². The van der Waals surface area contributed by atoms with Crippen LogP contribution in [0.15, 0.2) is 36.4 Å². The molecule has 0 spiro atoms. The average molecular weight is 394 g/mol. The topological polar surface area (TPSA) is 65.1 Å². The van der Waals surface area contributed by atoms with Crippen LogP contribution in [-0.4, -0.2) is 30.2 Å². The zero-order chi connectivity index (χ0) is 20.3. The second kappa shape index (κ2) is 8.18. The number of nitrogens with two attached hydrogens (primary N) is 1. The minimum atomic E-state index is -4.70. The lowest BCUT2D eigenvalue weighted by Gasteiger charge is -2.34. The molecule has 3 rings (SSSR count). The second-order valence-corrected chi connectivity index (χ2v) is 7.02. The molecule has 1 fully saturated rings. The Labute approximate surface area is 160 Å². The van der Waals surface area contributed by atoms with E-state index in [4.69, 9.17) is 11.1 Å². The smallest absolute Gasteiger partial charge is 0.398 e. The van der Waals surface area contributed by atoms with Crippen molar-refractivity contribution in [3.63, 3.8) is 0 Å². The third-order valence-electron chi connectivity index (χ3n) is 4.86. The molecule has 1 aliphatic heterocycles. The largest absolute Gasteiger partial charge is 0.419 e. The van der Waals surface area contributed by atoms with E-state index in [9.17, 15) is 17.6 Å². The molecule has 28 heavy (non-hydrogen) atoms. The monoisotopic (exact) mass is 394 g/mol. The maximum Gasteiger partial charge on any atom is 0.419 e. The molecule has 1 saturated heterocycles. The van der Waals surface area contributed by atoms with Gasteiger partial charge in [0.1, 0.15) is 5.82 Å². The molecule has 4 nitrogen and oxygen atoms in total. The highest BCUT2D eigenvalue weighted by molar-refractivity contribution is 5.86. The van der Waals surface area contributed by atoms with Gasteiger partial charge in [0.25, 0.3) is 0 Å². The van der Waals surface area contributed by atoms with E-state index in [1.165, 1.54) is 12.3 Å². The molecule has 1 aliphatic rings. The van der Waals surface area contributed by atoms with E-state index < -0.39 is 17.6 Å². The fourth-order valence-electron chi connectivity index (χ4n) is 3.49. The van der Waals surface area contributed by atoms with Gasteiger partial charge in [0.2, 0.25) is 0 Å². The third-order valence-corrected chi connectivity index (χ3v) is 4.86. The molecule has 1 atom stereocenters. The molecule has 1 unspecified atom stereocenters. The van der Waals surface area contributed by atoms with Crippen molar-refractivity contribution in [1.82, 2.24) is 4.90 Å². The summed E-state index contributed by atoms with van der Waals surface area (Å²) in [6, 6.07) is 8.68. The maximum atomic E-state index is 13.5. The summed E-state index contributed by atoms with van der Waals surface area (Å²) in [4.78, 5) is 2.06. The van der Waals surface area contributed by atoms with Gasteiger partial charge < -0.3 is 16.5 Å². The Bertz CT molecular complexity index is 851. The van der Waals surface area contributed by atoms with Crippen molar-refractivity contribution in [3.8, 4) is 0 Å². The van der Waals surface area contributed by atoms with Gasteiger partial charge in [-0.1, -0.05) is 6.07 Å². The molecular weight excluding hydrogens is 372 g/mol. The normalized spacial score (nSPS) is 18.1. The minimum absolute atomic E-state index is 0.124. The minimum Gasteiger partial charge on any atom is -0.398 e.